The second kappa shape index (κ2) is 8.38. The molecule has 1 aromatic carbocycles. The zero-order chi connectivity index (χ0) is 21.1. The third-order valence-corrected chi connectivity index (χ3v) is 4.85. The van der Waals surface area contributed by atoms with Crippen molar-refractivity contribution in [2.75, 3.05) is 20.5 Å². The van der Waals surface area contributed by atoms with Gasteiger partial charge in [0.1, 0.15) is 5.56 Å². The number of fused-ring (bicyclic) bond motifs is 1. The van der Waals surface area contributed by atoms with Gasteiger partial charge in [-0.1, -0.05) is 6.07 Å². The molecule has 8 nitrogen and oxygen atoms in total. The number of nitrogens with one attached hydrogen (secondary N) is 1. The highest BCUT2D eigenvalue weighted by molar-refractivity contribution is 5.95. The number of amides is 1. The first-order valence-electron chi connectivity index (χ1n) is 9.41. The van der Waals surface area contributed by atoms with Crippen molar-refractivity contribution in [2.24, 2.45) is 0 Å². The quantitative estimate of drug-likeness (QED) is 0.675. The van der Waals surface area contributed by atoms with Crippen molar-refractivity contribution in [3.05, 3.63) is 82.0 Å². The average Bonchev–Trinajstić information content (AvgIpc) is 3.22. The first-order valence-corrected chi connectivity index (χ1v) is 9.41. The van der Waals surface area contributed by atoms with Crippen LogP contribution < -0.4 is 20.3 Å². The van der Waals surface area contributed by atoms with Gasteiger partial charge in [0.15, 0.2) is 11.5 Å². The normalized spacial score (nSPS) is 13.1. The van der Waals surface area contributed by atoms with E-state index in [-0.39, 0.29) is 19.0 Å². The molecule has 1 amide bonds. The SMILES string of the molecule is COCC(NC(=O)c1c(C)ccn(-c2ccc3c(c2)OCO3)c1=O)c1ccccn1. The lowest BCUT2D eigenvalue weighted by molar-refractivity contribution is 0.0892. The van der Waals surface area contributed by atoms with Gasteiger partial charge in [-0.25, -0.2) is 0 Å². The van der Waals surface area contributed by atoms with Gasteiger partial charge in [0, 0.05) is 25.6 Å². The molecule has 1 atom stereocenters. The zero-order valence-corrected chi connectivity index (χ0v) is 16.6. The van der Waals surface area contributed by atoms with Crippen LogP contribution in [0.4, 0.5) is 0 Å². The van der Waals surface area contributed by atoms with Crippen molar-refractivity contribution in [1.29, 1.82) is 0 Å². The van der Waals surface area contributed by atoms with Crippen molar-refractivity contribution in [1.82, 2.24) is 14.9 Å². The van der Waals surface area contributed by atoms with E-state index in [0.717, 1.165) is 0 Å². The molecular formula is C22H21N3O5. The molecule has 0 fully saturated rings. The minimum absolute atomic E-state index is 0.0622. The van der Waals surface area contributed by atoms with Crippen LogP contribution in [0.2, 0.25) is 0 Å². The Morgan fingerprint density at radius 2 is 2.07 bits per heavy atom. The summed E-state index contributed by atoms with van der Waals surface area (Å²) in [5.41, 5.74) is 1.44. The monoisotopic (exact) mass is 407 g/mol. The molecule has 0 spiro atoms. The van der Waals surface area contributed by atoms with Crippen LogP contribution in [-0.4, -0.2) is 36.0 Å². The maximum Gasteiger partial charge on any atom is 0.268 e. The molecule has 1 aliphatic rings. The molecule has 0 bridgehead atoms. The van der Waals surface area contributed by atoms with Crippen molar-refractivity contribution in [2.45, 2.75) is 13.0 Å². The number of aromatic nitrogens is 2. The number of rotatable bonds is 6. The van der Waals surface area contributed by atoms with Gasteiger partial charge in [-0.15, -0.1) is 0 Å². The van der Waals surface area contributed by atoms with Gasteiger partial charge in [-0.2, -0.15) is 0 Å². The van der Waals surface area contributed by atoms with Crippen LogP contribution >= 0.6 is 0 Å². The van der Waals surface area contributed by atoms with Gasteiger partial charge in [0.25, 0.3) is 11.5 Å². The van der Waals surface area contributed by atoms with Gasteiger partial charge in [-0.05, 0) is 42.8 Å². The molecule has 0 saturated heterocycles. The standard InChI is InChI=1S/C22H21N3O5/c1-14-8-10-25(15-6-7-18-19(11-15)30-13-29-18)22(27)20(14)21(26)24-17(12-28-2)16-5-3-4-9-23-16/h3-11,17H,12-13H2,1-2H3,(H,24,26). The van der Waals surface area contributed by atoms with E-state index in [1.165, 1.54) is 4.57 Å². The summed E-state index contributed by atoms with van der Waals surface area (Å²) < 4.78 is 17.4. The highest BCUT2D eigenvalue weighted by Gasteiger charge is 2.22. The molecule has 30 heavy (non-hydrogen) atoms. The van der Waals surface area contributed by atoms with E-state index in [4.69, 9.17) is 14.2 Å². The number of ether oxygens (including phenoxy) is 3. The Bertz CT molecular complexity index is 1130. The summed E-state index contributed by atoms with van der Waals surface area (Å²) in [5, 5.41) is 2.87. The molecule has 154 valence electrons. The lowest BCUT2D eigenvalue weighted by Crippen LogP contribution is -2.37. The number of pyridine rings is 2. The number of carbonyl (C=O) groups excluding carboxylic acids is 1. The molecule has 2 aromatic heterocycles. The van der Waals surface area contributed by atoms with Crippen LogP contribution in [0.1, 0.15) is 27.7 Å². The van der Waals surface area contributed by atoms with Gasteiger partial charge in [0.2, 0.25) is 6.79 Å². The van der Waals surface area contributed by atoms with E-state index in [2.05, 4.69) is 10.3 Å². The van der Waals surface area contributed by atoms with E-state index in [0.29, 0.717) is 28.4 Å². The van der Waals surface area contributed by atoms with E-state index in [1.807, 2.05) is 6.07 Å². The summed E-state index contributed by atoms with van der Waals surface area (Å²) in [4.78, 5) is 30.5. The Morgan fingerprint density at radius 1 is 1.23 bits per heavy atom. The minimum atomic E-state index is -0.486. The van der Waals surface area contributed by atoms with Gasteiger partial charge in [-0.3, -0.25) is 19.1 Å². The van der Waals surface area contributed by atoms with E-state index in [1.54, 1.807) is 62.8 Å². The number of nitrogens with zero attached hydrogens (tertiary/aromatic N) is 2. The number of aryl methyl sites for hydroxylation is 1. The Labute approximate surface area is 173 Å². The smallest absolute Gasteiger partial charge is 0.268 e. The summed E-state index contributed by atoms with van der Waals surface area (Å²) >= 11 is 0. The highest BCUT2D eigenvalue weighted by Crippen LogP contribution is 2.33. The van der Waals surface area contributed by atoms with Crippen LogP contribution in [0.25, 0.3) is 5.69 Å². The largest absolute Gasteiger partial charge is 0.454 e. The molecule has 3 aromatic rings. The van der Waals surface area contributed by atoms with Crippen molar-refractivity contribution < 1.29 is 19.0 Å². The van der Waals surface area contributed by atoms with Crippen LogP contribution in [0.3, 0.4) is 0 Å². The lowest BCUT2D eigenvalue weighted by atomic mass is 10.1. The minimum Gasteiger partial charge on any atom is -0.454 e. The summed E-state index contributed by atoms with van der Waals surface area (Å²) in [6, 6.07) is 11.9. The average molecular weight is 407 g/mol. The molecule has 1 aliphatic heterocycles. The number of methoxy groups -OCH3 is 1. The van der Waals surface area contributed by atoms with Gasteiger partial charge in [0.05, 0.1) is 24.0 Å². The lowest BCUT2D eigenvalue weighted by Gasteiger charge is -2.18. The van der Waals surface area contributed by atoms with Gasteiger partial charge < -0.3 is 19.5 Å². The van der Waals surface area contributed by atoms with Gasteiger partial charge >= 0.3 is 0 Å². The summed E-state index contributed by atoms with van der Waals surface area (Å²) in [6.45, 7) is 2.10. The van der Waals surface area contributed by atoms with Crippen molar-refractivity contribution >= 4 is 5.91 Å². The number of hydrogen-bond acceptors (Lipinski definition) is 6. The highest BCUT2D eigenvalue weighted by atomic mass is 16.7. The third-order valence-electron chi connectivity index (χ3n) is 4.85. The van der Waals surface area contributed by atoms with Crippen LogP contribution in [0, 0.1) is 6.92 Å². The number of hydrogen-bond donors (Lipinski definition) is 1. The first-order chi connectivity index (χ1) is 14.6. The maximum absolute atomic E-state index is 13.2. The fourth-order valence-corrected chi connectivity index (χ4v) is 3.32. The second-order valence-corrected chi connectivity index (χ2v) is 6.82. The predicted molar refractivity (Wildman–Crippen MR) is 109 cm³/mol. The summed E-state index contributed by atoms with van der Waals surface area (Å²) in [5.74, 6) is 0.691. The summed E-state index contributed by atoms with van der Waals surface area (Å²) in [6.07, 6.45) is 3.28. The van der Waals surface area contributed by atoms with E-state index >= 15 is 0 Å². The van der Waals surface area contributed by atoms with Crippen molar-refractivity contribution in [3.63, 3.8) is 0 Å². The molecule has 8 heteroatoms. The number of benzene rings is 1. The fourth-order valence-electron chi connectivity index (χ4n) is 3.32. The Morgan fingerprint density at radius 3 is 2.83 bits per heavy atom. The molecule has 0 saturated carbocycles. The van der Waals surface area contributed by atoms with E-state index < -0.39 is 17.5 Å². The molecular weight excluding hydrogens is 386 g/mol. The molecule has 0 radical (unpaired) electrons. The number of carbonyl (C=O) groups is 1. The van der Waals surface area contributed by atoms with Crippen LogP contribution in [-0.2, 0) is 4.74 Å². The van der Waals surface area contributed by atoms with E-state index in [9.17, 15) is 9.59 Å². The Hall–Kier alpha value is -3.65. The topological polar surface area (TPSA) is 91.7 Å². The Balaban J connectivity index is 1.67. The Kier molecular flexibility index (Phi) is 5.49. The third kappa shape index (κ3) is 3.77. The fraction of sp³-hybridized carbons (Fsp3) is 0.227. The first kappa shape index (κ1) is 19.7. The molecule has 0 aliphatic carbocycles. The van der Waals surface area contributed by atoms with Crippen LogP contribution in [0.5, 0.6) is 11.5 Å². The molecule has 1 unspecified atom stereocenters. The van der Waals surface area contributed by atoms with Crippen molar-refractivity contribution in [3.8, 4) is 17.2 Å². The second-order valence-electron chi connectivity index (χ2n) is 6.82. The van der Waals surface area contributed by atoms with Crippen LogP contribution in [0.15, 0.2) is 59.7 Å². The molecule has 4 rings (SSSR count). The maximum atomic E-state index is 13.2. The predicted octanol–water partition coefficient (Wildman–Crippen LogP) is 2.39. The molecule has 1 N–H and O–H groups in total. The molecule has 3 heterocycles. The summed E-state index contributed by atoms with van der Waals surface area (Å²) in [7, 11) is 1.54. The zero-order valence-electron chi connectivity index (χ0n) is 16.6.